The van der Waals surface area contributed by atoms with E-state index in [4.69, 9.17) is 10.8 Å². The topological polar surface area (TPSA) is 107 Å². The van der Waals surface area contributed by atoms with Gasteiger partial charge in [0, 0.05) is 0 Å². The average molecular weight is 189 g/mol. The number of carboxylic acid groups (broad SMARTS) is 1. The number of ether oxygens (including phenoxy) is 1. The van der Waals surface area contributed by atoms with Crippen LogP contribution in [0.3, 0.4) is 0 Å². The fourth-order valence-electron chi connectivity index (χ4n) is 0.475. The molecule has 3 N–H and O–H groups in total. The fourth-order valence-corrected chi connectivity index (χ4v) is 0.475. The number of hydrogen-bond acceptors (Lipinski definition) is 5. The van der Waals surface area contributed by atoms with Crippen LogP contribution in [0.4, 0.5) is 0 Å². The Hall–Kier alpha value is -1.43. The zero-order valence-electron chi connectivity index (χ0n) is 7.31. The second-order valence-electron chi connectivity index (χ2n) is 2.78. The molecule has 0 saturated heterocycles. The Morgan fingerprint density at radius 3 is 2.08 bits per heavy atom. The zero-order chi connectivity index (χ0) is 10.6. The van der Waals surface area contributed by atoms with E-state index < -0.39 is 23.9 Å². The number of aliphatic carboxylic acids is 1. The molecule has 0 spiro atoms. The Kier molecular flexibility index (Phi) is 4.06. The summed E-state index contributed by atoms with van der Waals surface area (Å²) < 4.78 is 3.93. The standard InChI is InChI=1S/C7H11NO5/c1-3(2)4(8)6(11)13-7(12)5(9)10/h3-4H,8H2,1-2H3,(H,9,10)/t4-/m0/s1. The lowest BCUT2D eigenvalue weighted by Gasteiger charge is -2.11. The molecule has 0 aliphatic carbocycles. The third-order valence-corrected chi connectivity index (χ3v) is 1.36. The Balaban J connectivity index is 4.16. The van der Waals surface area contributed by atoms with Crippen molar-refractivity contribution < 1.29 is 24.2 Å². The molecule has 0 aromatic carbocycles. The van der Waals surface area contributed by atoms with Crippen molar-refractivity contribution in [2.45, 2.75) is 19.9 Å². The molecule has 0 aromatic heterocycles. The maximum atomic E-state index is 10.9. The monoisotopic (exact) mass is 189 g/mol. The van der Waals surface area contributed by atoms with Gasteiger partial charge in [0.15, 0.2) is 0 Å². The molecular weight excluding hydrogens is 178 g/mol. The van der Waals surface area contributed by atoms with Gasteiger partial charge in [0.2, 0.25) is 0 Å². The molecule has 74 valence electrons. The summed E-state index contributed by atoms with van der Waals surface area (Å²) in [6, 6.07) is -0.983. The Morgan fingerprint density at radius 1 is 1.31 bits per heavy atom. The smallest absolute Gasteiger partial charge is 0.424 e. The van der Waals surface area contributed by atoms with E-state index in [1.54, 1.807) is 13.8 Å². The molecule has 0 amide bonds. The average Bonchev–Trinajstić information content (AvgIpc) is 2.02. The number of carbonyl (C=O) groups is 3. The fraction of sp³-hybridized carbons (Fsp3) is 0.571. The van der Waals surface area contributed by atoms with Gasteiger partial charge in [-0.05, 0) is 5.92 Å². The largest absolute Gasteiger partial charge is 0.473 e. The lowest BCUT2D eigenvalue weighted by Crippen LogP contribution is -2.39. The predicted molar refractivity (Wildman–Crippen MR) is 41.5 cm³/mol. The first-order valence-corrected chi connectivity index (χ1v) is 3.60. The molecule has 0 fully saturated rings. The number of nitrogens with two attached hydrogens (primary N) is 1. The van der Waals surface area contributed by atoms with Crippen LogP contribution in [-0.2, 0) is 19.1 Å². The summed E-state index contributed by atoms with van der Waals surface area (Å²) >= 11 is 0. The van der Waals surface area contributed by atoms with Crippen LogP contribution in [0, 0.1) is 5.92 Å². The minimum absolute atomic E-state index is 0.214. The van der Waals surface area contributed by atoms with Gasteiger partial charge in [-0.25, -0.2) is 14.4 Å². The van der Waals surface area contributed by atoms with Crippen LogP contribution in [0.25, 0.3) is 0 Å². The van der Waals surface area contributed by atoms with Crippen molar-refractivity contribution in [3.8, 4) is 0 Å². The highest BCUT2D eigenvalue weighted by atomic mass is 16.6. The van der Waals surface area contributed by atoms with Gasteiger partial charge in [0.05, 0.1) is 0 Å². The van der Waals surface area contributed by atoms with E-state index in [9.17, 15) is 14.4 Å². The quantitative estimate of drug-likeness (QED) is 0.332. The predicted octanol–water partition coefficient (Wildman–Crippen LogP) is -0.876. The van der Waals surface area contributed by atoms with Gasteiger partial charge >= 0.3 is 17.9 Å². The van der Waals surface area contributed by atoms with Crippen LogP contribution in [0.5, 0.6) is 0 Å². The number of rotatable bonds is 2. The summed E-state index contributed by atoms with van der Waals surface area (Å²) in [5.41, 5.74) is 5.29. The van der Waals surface area contributed by atoms with Gasteiger partial charge in [-0.1, -0.05) is 13.8 Å². The van der Waals surface area contributed by atoms with E-state index >= 15 is 0 Å². The van der Waals surface area contributed by atoms with E-state index in [0.717, 1.165) is 0 Å². The summed E-state index contributed by atoms with van der Waals surface area (Å²) in [4.78, 5) is 31.2. The van der Waals surface area contributed by atoms with Crippen molar-refractivity contribution in [3.63, 3.8) is 0 Å². The van der Waals surface area contributed by atoms with Crippen molar-refractivity contribution in [2.75, 3.05) is 0 Å². The van der Waals surface area contributed by atoms with Gasteiger partial charge in [0.25, 0.3) is 0 Å². The van der Waals surface area contributed by atoms with E-state index in [1.165, 1.54) is 0 Å². The van der Waals surface area contributed by atoms with Crippen LogP contribution in [0.2, 0.25) is 0 Å². The molecule has 13 heavy (non-hydrogen) atoms. The molecule has 0 aromatic rings. The van der Waals surface area contributed by atoms with Gasteiger partial charge in [-0.15, -0.1) is 0 Å². The molecule has 0 aliphatic rings. The molecule has 0 rings (SSSR count). The number of carboxylic acids is 1. The van der Waals surface area contributed by atoms with Gasteiger partial charge in [-0.2, -0.15) is 0 Å². The molecule has 0 heterocycles. The van der Waals surface area contributed by atoms with Crippen LogP contribution in [-0.4, -0.2) is 29.1 Å². The van der Waals surface area contributed by atoms with Gasteiger partial charge in [-0.3, -0.25) is 0 Å². The third-order valence-electron chi connectivity index (χ3n) is 1.36. The first-order valence-electron chi connectivity index (χ1n) is 3.60. The van der Waals surface area contributed by atoms with Crippen LogP contribution < -0.4 is 5.73 Å². The molecule has 0 saturated carbocycles. The first kappa shape index (κ1) is 11.6. The second kappa shape index (κ2) is 4.56. The van der Waals surface area contributed by atoms with E-state index in [2.05, 4.69) is 4.74 Å². The van der Waals surface area contributed by atoms with Crippen molar-refractivity contribution >= 4 is 17.9 Å². The van der Waals surface area contributed by atoms with E-state index in [0.29, 0.717) is 0 Å². The Labute approximate surface area is 74.7 Å². The lowest BCUT2D eigenvalue weighted by atomic mass is 10.1. The molecule has 6 nitrogen and oxygen atoms in total. The van der Waals surface area contributed by atoms with E-state index in [1.807, 2.05) is 0 Å². The SMILES string of the molecule is CC(C)[C@H](N)C(=O)OC(=O)C(=O)O. The maximum absolute atomic E-state index is 10.9. The molecule has 1 atom stereocenters. The normalized spacial score (nSPS) is 12.3. The molecule has 0 unspecified atom stereocenters. The van der Waals surface area contributed by atoms with Crippen molar-refractivity contribution in [1.29, 1.82) is 0 Å². The Bertz CT molecular complexity index is 235. The number of esters is 2. The molecular formula is C7H11NO5. The number of hydrogen-bond donors (Lipinski definition) is 2. The van der Waals surface area contributed by atoms with E-state index in [-0.39, 0.29) is 5.92 Å². The second-order valence-corrected chi connectivity index (χ2v) is 2.78. The molecule has 0 radical (unpaired) electrons. The third kappa shape index (κ3) is 3.66. The summed E-state index contributed by atoms with van der Waals surface area (Å²) in [7, 11) is 0. The highest BCUT2D eigenvalue weighted by Crippen LogP contribution is 2.00. The highest BCUT2D eigenvalue weighted by Gasteiger charge is 2.24. The Morgan fingerprint density at radius 2 is 1.77 bits per heavy atom. The van der Waals surface area contributed by atoms with Crippen LogP contribution >= 0.6 is 0 Å². The highest BCUT2D eigenvalue weighted by molar-refractivity contribution is 6.30. The first-order chi connectivity index (χ1) is 5.86. The maximum Gasteiger partial charge on any atom is 0.424 e. The zero-order valence-corrected chi connectivity index (χ0v) is 7.31. The van der Waals surface area contributed by atoms with Crippen molar-refractivity contribution in [2.24, 2.45) is 11.7 Å². The summed E-state index contributed by atoms with van der Waals surface area (Å²) in [6.07, 6.45) is 0. The lowest BCUT2D eigenvalue weighted by molar-refractivity contribution is -0.171. The minimum Gasteiger partial charge on any atom is -0.473 e. The van der Waals surface area contributed by atoms with Gasteiger partial charge < -0.3 is 15.6 Å². The molecule has 0 aliphatic heterocycles. The van der Waals surface area contributed by atoms with Crippen LogP contribution in [0.15, 0.2) is 0 Å². The van der Waals surface area contributed by atoms with Gasteiger partial charge in [0.1, 0.15) is 6.04 Å². The van der Waals surface area contributed by atoms with Crippen molar-refractivity contribution in [1.82, 2.24) is 0 Å². The molecule has 6 heteroatoms. The minimum atomic E-state index is -1.82. The summed E-state index contributed by atoms with van der Waals surface area (Å²) in [5, 5.41) is 8.08. The summed E-state index contributed by atoms with van der Waals surface area (Å²) in [5.74, 6) is -4.66. The van der Waals surface area contributed by atoms with Crippen molar-refractivity contribution in [3.05, 3.63) is 0 Å². The summed E-state index contributed by atoms with van der Waals surface area (Å²) in [6.45, 7) is 3.30. The molecule has 0 bridgehead atoms. The van der Waals surface area contributed by atoms with Crippen LogP contribution in [0.1, 0.15) is 13.8 Å². The number of carbonyl (C=O) groups excluding carboxylic acids is 2.